The first-order valence-corrected chi connectivity index (χ1v) is 12.8. The van der Waals surface area contributed by atoms with Crippen molar-refractivity contribution >= 4 is 50.9 Å². The first-order valence-electron chi connectivity index (χ1n) is 12.0. The van der Waals surface area contributed by atoms with Crippen LogP contribution in [0, 0.1) is 5.92 Å². The predicted molar refractivity (Wildman–Crippen MR) is 137 cm³/mol. The van der Waals surface area contributed by atoms with Gasteiger partial charge in [0.15, 0.2) is 0 Å². The summed E-state index contributed by atoms with van der Waals surface area (Å²) in [6.07, 6.45) is -0.0755. The van der Waals surface area contributed by atoms with Gasteiger partial charge in [-0.1, -0.05) is 11.6 Å². The van der Waals surface area contributed by atoms with E-state index in [9.17, 15) is 18.0 Å². The molecule has 1 unspecified atom stereocenters. The fourth-order valence-electron chi connectivity index (χ4n) is 4.81. The number of ether oxygens (including phenoxy) is 1. The number of halogens is 3. The topological polar surface area (TPSA) is 92.3 Å². The molecule has 1 aliphatic carbocycles. The molecule has 0 spiro atoms. The zero-order chi connectivity index (χ0) is 26.3. The minimum atomic E-state index is -4.29. The lowest BCUT2D eigenvalue weighted by Gasteiger charge is -2.27. The van der Waals surface area contributed by atoms with Gasteiger partial charge in [0.05, 0.1) is 18.9 Å². The summed E-state index contributed by atoms with van der Waals surface area (Å²) >= 11 is 1.50. The number of hydrogen-bond donors (Lipinski definition) is 2. The van der Waals surface area contributed by atoms with Gasteiger partial charge in [-0.15, -0.1) is 11.3 Å². The van der Waals surface area contributed by atoms with Crippen LogP contribution in [0.25, 0.3) is 16.3 Å². The first-order chi connectivity index (χ1) is 17.6. The number of aryl methyl sites for hydroxylation is 1. The highest BCUT2D eigenvalue weighted by molar-refractivity contribution is 7.19. The van der Waals surface area contributed by atoms with Crippen molar-refractivity contribution in [3.05, 3.63) is 34.0 Å². The summed E-state index contributed by atoms with van der Waals surface area (Å²) in [5, 5.41) is 7.56. The maximum Gasteiger partial charge on any atom is 0.390 e. The largest absolute Gasteiger partial charge is 0.479 e. The number of hydrogen-bond acceptors (Lipinski definition) is 8. The SMILES string of the molecule is COc1nc2c(cc1Nc1ncnc3sc4c(c13)CCC(C(=O)N(C)CCC(F)(F)F)C4)C=C(C)CN2. The quantitative estimate of drug-likeness (QED) is 0.452. The van der Waals surface area contributed by atoms with Crippen molar-refractivity contribution in [2.24, 2.45) is 5.92 Å². The molecular weight excluding hydrogens is 505 g/mol. The van der Waals surface area contributed by atoms with Crippen molar-refractivity contribution in [3.63, 3.8) is 0 Å². The van der Waals surface area contributed by atoms with E-state index >= 15 is 0 Å². The molecule has 1 amide bonds. The Balaban J connectivity index is 1.41. The van der Waals surface area contributed by atoms with E-state index in [2.05, 4.69) is 31.7 Å². The Bertz CT molecular complexity index is 1390. The molecule has 0 saturated heterocycles. The van der Waals surface area contributed by atoms with Crippen LogP contribution in [0.3, 0.4) is 0 Å². The third kappa shape index (κ3) is 5.20. The van der Waals surface area contributed by atoms with E-state index in [-0.39, 0.29) is 18.4 Å². The van der Waals surface area contributed by atoms with Gasteiger partial charge in [0.1, 0.15) is 28.5 Å². The van der Waals surface area contributed by atoms with E-state index < -0.39 is 12.6 Å². The summed E-state index contributed by atoms with van der Waals surface area (Å²) in [4.78, 5) is 29.4. The molecule has 2 aliphatic rings. The van der Waals surface area contributed by atoms with Gasteiger partial charge in [-0.05, 0) is 37.8 Å². The highest BCUT2D eigenvalue weighted by Gasteiger charge is 2.33. The minimum absolute atomic E-state index is 0.251. The standard InChI is InChI=1S/C25H27F3N6O2S/c1-13-8-15-9-17(22(36-3)33-20(15)29-11-13)32-21-19-16-5-4-14(10-18(16)37-23(19)31-12-30-21)24(35)34(2)7-6-25(26,27)28/h8-9,12,14H,4-7,10-11H2,1-3H3,(H,29,33)(H,30,31,32). The fourth-order valence-corrected chi connectivity index (χ4v) is 6.08. The lowest BCUT2D eigenvalue weighted by Crippen LogP contribution is -2.37. The molecule has 0 bridgehead atoms. The zero-order valence-electron chi connectivity index (χ0n) is 20.7. The molecule has 196 valence electrons. The zero-order valence-corrected chi connectivity index (χ0v) is 21.5. The second kappa shape index (κ2) is 9.81. The number of fused-ring (bicyclic) bond motifs is 4. The summed E-state index contributed by atoms with van der Waals surface area (Å²) in [5.41, 5.74) is 3.88. The molecule has 8 nitrogen and oxygen atoms in total. The third-order valence-corrected chi connectivity index (χ3v) is 7.86. The predicted octanol–water partition coefficient (Wildman–Crippen LogP) is 5.18. The number of aromatic nitrogens is 3. The van der Waals surface area contributed by atoms with Gasteiger partial charge in [-0.25, -0.2) is 9.97 Å². The Morgan fingerprint density at radius 1 is 1.35 bits per heavy atom. The van der Waals surface area contributed by atoms with Gasteiger partial charge in [0.2, 0.25) is 11.8 Å². The second-order valence-electron chi connectivity index (χ2n) is 9.42. The molecule has 0 radical (unpaired) electrons. The van der Waals surface area contributed by atoms with Gasteiger partial charge in [-0.2, -0.15) is 18.2 Å². The van der Waals surface area contributed by atoms with Gasteiger partial charge in [0, 0.05) is 36.5 Å². The molecule has 1 atom stereocenters. The number of carbonyl (C=O) groups is 1. The number of carbonyl (C=O) groups excluding carboxylic acids is 1. The van der Waals surface area contributed by atoms with Crippen LogP contribution in [-0.2, 0) is 17.6 Å². The molecule has 4 heterocycles. The molecule has 0 aromatic carbocycles. The molecule has 3 aromatic heterocycles. The number of anilines is 3. The summed E-state index contributed by atoms with van der Waals surface area (Å²) in [7, 11) is 3.00. The number of amides is 1. The lowest BCUT2D eigenvalue weighted by atomic mass is 9.87. The van der Waals surface area contributed by atoms with Crippen molar-refractivity contribution in [3.8, 4) is 5.88 Å². The van der Waals surface area contributed by atoms with E-state index in [4.69, 9.17) is 4.74 Å². The van der Waals surface area contributed by atoms with Gasteiger partial charge >= 0.3 is 6.18 Å². The van der Waals surface area contributed by atoms with Crippen LogP contribution in [0.15, 0.2) is 18.0 Å². The lowest BCUT2D eigenvalue weighted by molar-refractivity contribution is -0.146. The summed E-state index contributed by atoms with van der Waals surface area (Å²) < 4.78 is 43.4. The van der Waals surface area contributed by atoms with Crippen molar-refractivity contribution < 1.29 is 22.7 Å². The van der Waals surface area contributed by atoms with Crippen LogP contribution in [-0.4, -0.2) is 59.2 Å². The maximum atomic E-state index is 12.9. The fraction of sp³-hybridized carbons (Fsp3) is 0.440. The van der Waals surface area contributed by atoms with Crippen LogP contribution in [0.4, 0.5) is 30.5 Å². The van der Waals surface area contributed by atoms with Crippen LogP contribution >= 0.6 is 11.3 Å². The first kappa shape index (κ1) is 25.2. The van der Waals surface area contributed by atoms with E-state index in [1.165, 1.54) is 35.2 Å². The molecule has 1 aliphatic heterocycles. The molecule has 2 N–H and O–H groups in total. The monoisotopic (exact) mass is 532 g/mol. The highest BCUT2D eigenvalue weighted by Crippen LogP contribution is 2.42. The highest BCUT2D eigenvalue weighted by atomic mass is 32.1. The van der Waals surface area contributed by atoms with Crippen molar-refractivity contribution in [1.82, 2.24) is 19.9 Å². The number of methoxy groups -OCH3 is 1. The Labute approximate surface area is 216 Å². The van der Waals surface area contributed by atoms with Crippen molar-refractivity contribution in [2.45, 2.75) is 38.8 Å². The Morgan fingerprint density at radius 2 is 2.16 bits per heavy atom. The van der Waals surface area contributed by atoms with Crippen LogP contribution < -0.4 is 15.4 Å². The number of nitrogens with zero attached hydrogens (tertiary/aromatic N) is 4. The molecule has 3 aromatic rings. The molecule has 5 rings (SSSR count). The second-order valence-corrected chi connectivity index (χ2v) is 10.5. The van der Waals surface area contributed by atoms with Crippen LogP contribution in [0.2, 0.25) is 0 Å². The minimum Gasteiger partial charge on any atom is -0.479 e. The average molecular weight is 533 g/mol. The molecule has 12 heteroatoms. The Kier molecular flexibility index (Phi) is 6.69. The smallest absolute Gasteiger partial charge is 0.390 e. The molecular formula is C25H27F3N6O2S. The number of thiophene rings is 1. The molecule has 0 fully saturated rings. The summed E-state index contributed by atoms with van der Waals surface area (Å²) in [6.45, 7) is 2.44. The van der Waals surface area contributed by atoms with E-state index in [0.717, 1.165) is 38.6 Å². The number of nitrogens with one attached hydrogen (secondary N) is 2. The summed E-state index contributed by atoms with van der Waals surface area (Å²) in [5.74, 6) is 1.21. The van der Waals surface area contributed by atoms with E-state index in [0.29, 0.717) is 36.6 Å². The summed E-state index contributed by atoms with van der Waals surface area (Å²) in [6, 6.07) is 1.97. The third-order valence-electron chi connectivity index (χ3n) is 6.70. The van der Waals surface area contributed by atoms with E-state index in [1.807, 2.05) is 13.0 Å². The van der Waals surface area contributed by atoms with Crippen LogP contribution in [0.5, 0.6) is 5.88 Å². The van der Waals surface area contributed by atoms with E-state index in [1.54, 1.807) is 7.11 Å². The van der Waals surface area contributed by atoms with Crippen molar-refractivity contribution in [1.29, 1.82) is 0 Å². The van der Waals surface area contributed by atoms with Crippen LogP contribution in [0.1, 0.15) is 35.8 Å². The number of rotatable bonds is 6. The maximum absolute atomic E-state index is 12.9. The Morgan fingerprint density at radius 3 is 2.92 bits per heavy atom. The van der Waals surface area contributed by atoms with Gasteiger partial charge in [-0.3, -0.25) is 4.79 Å². The normalized spacial score (nSPS) is 16.9. The molecule has 37 heavy (non-hydrogen) atoms. The Hall–Kier alpha value is -3.41. The van der Waals surface area contributed by atoms with Crippen molar-refractivity contribution in [2.75, 3.05) is 37.9 Å². The van der Waals surface area contributed by atoms with Gasteiger partial charge < -0.3 is 20.3 Å². The molecule has 0 saturated carbocycles. The number of alkyl halides is 3. The average Bonchev–Trinajstić information content (AvgIpc) is 3.24. The number of pyridine rings is 1. The van der Waals surface area contributed by atoms with Gasteiger partial charge in [0.25, 0.3) is 0 Å².